The van der Waals surface area contributed by atoms with Crippen LogP contribution in [0.2, 0.25) is 0 Å². The van der Waals surface area contributed by atoms with Gasteiger partial charge in [-0.2, -0.15) is 17.6 Å². The number of pyridine rings is 1. The van der Waals surface area contributed by atoms with Crippen LogP contribution in [-0.2, 0) is 10.9 Å². The van der Waals surface area contributed by atoms with Crippen LogP contribution in [0.15, 0.2) is 36.4 Å². The van der Waals surface area contributed by atoms with E-state index in [0.29, 0.717) is 0 Å². The van der Waals surface area contributed by atoms with E-state index in [2.05, 4.69) is 9.72 Å². The van der Waals surface area contributed by atoms with Crippen LogP contribution in [-0.4, -0.2) is 18.1 Å². The van der Waals surface area contributed by atoms with E-state index in [-0.39, 0.29) is 16.8 Å². The topological polar surface area (TPSA) is 39.2 Å². The highest BCUT2D eigenvalue weighted by Gasteiger charge is 2.30. The van der Waals surface area contributed by atoms with Gasteiger partial charge in [0.05, 0.1) is 12.7 Å². The Morgan fingerprint density at radius 2 is 1.90 bits per heavy atom. The first kappa shape index (κ1) is 15.0. The zero-order valence-electron chi connectivity index (χ0n) is 10.7. The fourth-order valence-corrected chi connectivity index (χ4v) is 1.73. The minimum atomic E-state index is -4.52. The Bertz CT molecular complexity index is 683. The van der Waals surface area contributed by atoms with E-state index in [0.717, 1.165) is 19.2 Å². The maximum absolute atomic E-state index is 13.9. The van der Waals surface area contributed by atoms with Crippen LogP contribution in [0.5, 0.6) is 0 Å². The lowest BCUT2D eigenvalue weighted by molar-refractivity contribution is -0.137. The largest absolute Gasteiger partial charge is 0.464 e. The molecule has 0 aliphatic carbocycles. The van der Waals surface area contributed by atoms with Crippen molar-refractivity contribution in [3.8, 4) is 11.1 Å². The predicted molar refractivity (Wildman–Crippen MR) is 66.0 cm³/mol. The van der Waals surface area contributed by atoms with Gasteiger partial charge in [-0.15, -0.1) is 0 Å². The molecule has 0 radical (unpaired) electrons. The Morgan fingerprint density at radius 3 is 2.48 bits per heavy atom. The van der Waals surface area contributed by atoms with Gasteiger partial charge in [0, 0.05) is 5.56 Å². The first-order valence-corrected chi connectivity index (χ1v) is 5.75. The van der Waals surface area contributed by atoms with Crippen molar-refractivity contribution in [3.05, 3.63) is 53.6 Å². The summed E-state index contributed by atoms with van der Waals surface area (Å²) in [6.45, 7) is 0. The number of nitrogens with zero attached hydrogens (tertiary/aromatic N) is 1. The molecule has 0 fully saturated rings. The van der Waals surface area contributed by atoms with E-state index in [1.807, 2.05) is 0 Å². The molecular weight excluding hydrogens is 290 g/mol. The quantitative estimate of drug-likeness (QED) is 0.482. The molecule has 2 rings (SSSR count). The number of carbonyl (C=O) groups is 1. The lowest BCUT2D eigenvalue weighted by Gasteiger charge is -2.09. The molecule has 1 aromatic carbocycles. The Kier molecular flexibility index (Phi) is 3.93. The molecule has 3 nitrogen and oxygen atoms in total. The summed E-state index contributed by atoms with van der Waals surface area (Å²) < 4.78 is 56.1. The molecule has 0 amide bonds. The van der Waals surface area contributed by atoms with Gasteiger partial charge in [0.1, 0.15) is 0 Å². The highest BCUT2D eigenvalue weighted by atomic mass is 19.4. The Morgan fingerprint density at radius 1 is 1.19 bits per heavy atom. The number of benzene rings is 1. The number of hydrogen-bond acceptors (Lipinski definition) is 3. The first-order chi connectivity index (χ1) is 9.82. The molecule has 0 spiro atoms. The van der Waals surface area contributed by atoms with Crippen LogP contribution in [0.25, 0.3) is 11.1 Å². The average Bonchev–Trinajstić information content (AvgIpc) is 2.45. The van der Waals surface area contributed by atoms with Crippen molar-refractivity contribution in [2.75, 3.05) is 7.11 Å². The van der Waals surface area contributed by atoms with Gasteiger partial charge in [0.2, 0.25) is 5.95 Å². The lowest BCUT2D eigenvalue weighted by atomic mass is 10.0. The predicted octanol–water partition coefficient (Wildman–Crippen LogP) is 3.69. The lowest BCUT2D eigenvalue weighted by Crippen LogP contribution is -2.07. The maximum Gasteiger partial charge on any atom is 0.416 e. The van der Waals surface area contributed by atoms with Crippen molar-refractivity contribution >= 4 is 5.97 Å². The van der Waals surface area contributed by atoms with E-state index >= 15 is 0 Å². The van der Waals surface area contributed by atoms with Gasteiger partial charge >= 0.3 is 12.1 Å². The number of methoxy groups -OCH3 is 1. The fraction of sp³-hybridized carbons (Fsp3) is 0.143. The summed E-state index contributed by atoms with van der Waals surface area (Å²) in [6, 6.07) is 6.57. The monoisotopic (exact) mass is 299 g/mol. The molecule has 0 saturated heterocycles. The molecule has 21 heavy (non-hydrogen) atoms. The molecule has 0 atom stereocenters. The van der Waals surface area contributed by atoms with Gasteiger partial charge in [-0.05, 0) is 29.8 Å². The Balaban J connectivity index is 2.46. The van der Waals surface area contributed by atoms with E-state index in [9.17, 15) is 22.4 Å². The number of ether oxygens (including phenoxy) is 1. The van der Waals surface area contributed by atoms with Crippen molar-refractivity contribution < 1.29 is 27.1 Å². The number of alkyl halides is 3. The van der Waals surface area contributed by atoms with Crippen LogP contribution < -0.4 is 0 Å². The molecule has 0 unspecified atom stereocenters. The number of halogens is 4. The fourth-order valence-electron chi connectivity index (χ4n) is 1.73. The zero-order valence-corrected chi connectivity index (χ0v) is 10.7. The van der Waals surface area contributed by atoms with Gasteiger partial charge in [-0.25, -0.2) is 9.78 Å². The highest BCUT2D eigenvalue weighted by Crippen LogP contribution is 2.32. The van der Waals surface area contributed by atoms with Crippen molar-refractivity contribution in [1.82, 2.24) is 4.98 Å². The summed E-state index contributed by atoms with van der Waals surface area (Å²) in [4.78, 5) is 14.6. The van der Waals surface area contributed by atoms with Gasteiger partial charge in [0.25, 0.3) is 0 Å². The van der Waals surface area contributed by atoms with Crippen LogP contribution >= 0.6 is 0 Å². The van der Waals surface area contributed by atoms with Gasteiger partial charge in [-0.3, -0.25) is 0 Å². The zero-order chi connectivity index (χ0) is 15.6. The summed E-state index contributed by atoms with van der Waals surface area (Å²) in [6.07, 6.45) is -4.52. The molecule has 1 aromatic heterocycles. The third kappa shape index (κ3) is 3.18. The summed E-state index contributed by atoms with van der Waals surface area (Å²) in [5, 5.41) is 0. The number of aromatic nitrogens is 1. The summed E-state index contributed by atoms with van der Waals surface area (Å²) in [5.41, 5.74) is -1.26. The van der Waals surface area contributed by atoms with Gasteiger partial charge in [-0.1, -0.05) is 12.1 Å². The van der Waals surface area contributed by atoms with Gasteiger partial charge < -0.3 is 4.74 Å². The number of hydrogen-bond donors (Lipinski definition) is 0. The summed E-state index contributed by atoms with van der Waals surface area (Å²) in [7, 11) is 1.11. The average molecular weight is 299 g/mol. The van der Waals surface area contributed by atoms with Crippen LogP contribution in [0.3, 0.4) is 0 Å². The van der Waals surface area contributed by atoms with E-state index in [1.54, 1.807) is 0 Å². The molecule has 7 heteroatoms. The molecule has 0 saturated carbocycles. The summed E-state index contributed by atoms with van der Waals surface area (Å²) in [5.74, 6) is -1.87. The van der Waals surface area contributed by atoms with Crippen molar-refractivity contribution in [3.63, 3.8) is 0 Å². The van der Waals surface area contributed by atoms with E-state index in [4.69, 9.17) is 0 Å². The van der Waals surface area contributed by atoms with Gasteiger partial charge in [0.15, 0.2) is 5.69 Å². The molecule has 0 N–H and O–H groups in total. The summed E-state index contributed by atoms with van der Waals surface area (Å²) >= 11 is 0. The second kappa shape index (κ2) is 5.51. The minimum absolute atomic E-state index is 0.0197. The SMILES string of the molecule is COC(=O)c1ccc(-c2cccc(C(F)(F)F)c2)c(F)n1. The Hall–Kier alpha value is -2.44. The van der Waals surface area contributed by atoms with Crippen LogP contribution in [0, 0.1) is 5.95 Å². The van der Waals surface area contributed by atoms with E-state index in [1.165, 1.54) is 24.3 Å². The highest BCUT2D eigenvalue weighted by molar-refractivity contribution is 5.87. The van der Waals surface area contributed by atoms with Crippen molar-refractivity contribution in [2.45, 2.75) is 6.18 Å². The molecule has 0 aliphatic heterocycles. The number of rotatable bonds is 2. The second-order valence-corrected chi connectivity index (χ2v) is 4.11. The Labute approximate surface area is 117 Å². The van der Waals surface area contributed by atoms with Crippen LogP contribution in [0.4, 0.5) is 17.6 Å². The van der Waals surface area contributed by atoms with Crippen LogP contribution in [0.1, 0.15) is 16.1 Å². The third-order valence-corrected chi connectivity index (χ3v) is 2.74. The smallest absolute Gasteiger partial charge is 0.416 e. The normalized spacial score (nSPS) is 11.3. The third-order valence-electron chi connectivity index (χ3n) is 2.74. The van der Waals surface area contributed by atoms with Crippen molar-refractivity contribution in [2.24, 2.45) is 0 Å². The number of carbonyl (C=O) groups excluding carboxylic acids is 1. The second-order valence-electron chi connectivity index (χ2n) is 4.11. The standard InChI is InChI=1S/C14H9F4NO2/c1-21-13(20)11-6-5-10(12(15)19-11)8-3-2-4-9(7-8)14(16,17)18/h2-7H,1H3. The number of esters is 1. The molecule has 0 aliphatic rings. The molecular formula is C14H9F4NO2. The molecule has 0 bridgehead atoms. The minimum Gasteiger partial charge on any atom is -0.464 e. The first-order valence-electron chi connectivity index (χ1n) is 5.75. The molecule has 2 aromatic rings. The maximum atomic E-state index is 13.9. The van der Waals surface area contributed by atoms with E-state index < -0.39 is 23.7 Å². The molecule has 110 valence electrons. The van der Waals surface area contributed by atoms with Crippen molar-refractivity contribution in [1.29, 1.82) is 0 Å². The molecule has 1 heterocycles.